The Bertz CT molecular complexity index is 526. The van der Waals surface area contributed by atoms with E-state index in [1.165, 1.54) is 23.3 Å². The lowest BCUT2D eigenvalue weighted by atomic mass is 9.95. The van der Waals surface area contributed by atoms with Crippen molar-refractivity contribution < 1.29 is 14.6 Å². The fourth-order valence-electron chi connectivity index (χ4n) is 3.37. The van der Waals surface area contributed by atoms with Gasteiger partial charge in [-0.1, -0.05) is 0 Å². The van der Waals surface area contributed by atoms with Crippen molar-refractivity contribution in [3.8, 4) is 0 Å². The number of aliphatic hydroxyl groups is 1. The topological polar surface area (TPSA) is 53.0 Å². The van der Waals surface area contributed by atoms with Gasteiger partial charge in [0.05, 0.1) is 25.4 Å². The Balaban J connectivity index is 1.64. The van der Waals surface area contributed by atoms with Gasteiger partial charge in [-0.05, 0) is 31.2 Å². The first-order valence-electron chi connectivity index (χ1n) is 8.59. The molecule has 3 rings (SSSR count). The van der Waals surface area contributed by atoms with Crippen molar-refractivity contribution in [2.75, 3.05) is 52.5 Å². The molecule has 0 unspecified atom stereocenters. The Labute approximate surface area is 141 Å². The van der Waals surface area contributed by atoms with Crippen LogP contribution in [-0.2, 0) is 17.6 Å². The van der Waals surface area contributed by atoms with Crippen LogP contribution < -0.4 is 0 Å². The lowest BCUT2D eigenvalue weighted by Crippen LogP contribution is -2.44. The Morgan fingerprint density at radius 1 is 1.26 bits per heavy atom. The number of hydrogen-bond donors (Lipinski definition) is 1. The summed E-state index contributed by atoms with van der Waals surface area (Å²) in [6.07, 6.45) is 4.55. The van der Waals surface area contributed by atoms with Crippen LogP contribution in [0.2, 0.25) is 0 Å². The lowest BCUT2D eigenvalue weighted by molar-refractivity contribution is 0.0315. The number of rotatable bonds is 6. The average molecular weight is 338 g/mol. The summed E-state index contributed by atoms with van der Waals surface area (Å²) in [5.41, 5.74) is 2.14. The summed E-state index contributed by atoms with van der Waals surface area (Å²) < 4.78 is 5.36. The highest BCUT2D eigenvalue weighted by atomic mass is 32.1. The van der Waals surface area contributed by atoms with Crippen LogP contribution in [0.25, 0.3) is 0 Å². The first kappa shape index (κ1) is 16.9. The predicted molar refractivity (Wildman–Crippen MR) is 91.2 cm³/mol. The smallest absolute Gasteiger partial charge is 0.255 e. The van der Waals surface area contributed by atoms with E-state index in [9.17, 15) is 9.90 Å². The molecule has 1 saturated heterocycles. The molecule has 23 heavy (non-hydrogen) atoms. The normalized spacial score (nSPS) is 18.7. The highest BCUT2D eigenvalue weighted by Gasteiger charge is 2.24. The molecule has 1 amide bonds. The van der Waals surface area contributed by atoms with Gasteiger partial charge in [0.25, 0.3) is 5.91 Å². The summed E-state index contributed by atoms with van der Waals surface area (Å²) in [6.45, 7) is 5.34. The average Bonchev–Trinajstić information content (AvgIpc) is 3.03. The summed E-state index contributed by atoms with van der Waals surface area (Å²) in [7, 11) is 0. The molecule has 6 heteroatoms. The van der Waals surface area contributed by atoms with Crippen LogP contribution in [0.15, 0.2) is 5.38 Å². The van der Waals surface area contributed by atoms with Crippen LogP contribution >= 0.6 is 11.3 Å². The van der Waals surface area contributed by atoms with Crippen molar-refractivity contribution in [1.82, 2.24) is 9.80 Å². The second-order valence-corrected chi connectivity index (χ2v) is 7.19. The van der Waals surface area contributed by atoms with E-state index in [-0.39, 0.29) is 12.5 Å². The van der Waals surface area contributed by atoms with E-state index in [1.807, 2.05) is 10.3 Å². The first-order valence-corrected chi connectivity index (χ1v) is 9.47. The number of hydrogen-bond acceptors (Lipinski definition) is 5. The Morgan fingerprint density at radius 2 is 2.04 bits per heavy atom. The molecule has 0 bridgehead atoms. The van der Waals surface area contributed by atoms with Gasteiger partial charge >= 0.3 is 0 Å². The number of carbonyl (C=O) groups excluding carboxylic acids is 1. The van der Waals surface area contributed by atoms with Gasteiger partial charge in [-0.25, -0.2) is 0 Å². The van der Waals surface area contributed by atoms with Crippen LogP contribution in [-0.4, -0.2) is 73.4 Å². The minimum Gasteiger partial charge on any atom is -0.395 e. The van der Waals surface area contributed by atoms with Crippen LogP contribution in [0.3, 0.4) is 0 Å². The van der Waals surface area contributed by atoms with Gasteiger partial charge in [0, 0.05) is 43.0 Å². The van der Waals surface area contributed by atoms with Crippen molar-refractivity contribution in [1.29, 1.82) is 0 Å². The Kier molecular flexibility index (Phi) is 6.05. The molecule has 0 atom stereocenters. The van der Waals surface area contributed by atoms with E-state index in [0.29, 0.717) is 13.1 Å². The second kappa shape index (κ2) is 8.24. The first-order chi connectivity index (χ1) is 11.3. The largest absolute Gasteiger partial charge is 0.395 e. The number of amides is 1. The highest BCUT2D eigenvalue weighted by Crippen LogP contribution is 2.30. The molecule has 1 fully saturated rings. The standard InChI is InChI=1S/C17H26N2O3S/c20-10-7-19(6-5-18-8-11-22-12-9-18)17(21)15-13-23-16-4-2-1-3-14(15)16/h13,20H,1-12H2. The van der Waals surface area contributed by atoms with Crippen LogP contribution in [0, 0.1) is 0 Å². The van der Waals surface area contributed by atoms with E-state index in [2.05, 4.69) is 4.90 Å². The number of ether oxygens (including phenoxy) is 1. The molecule has 2 heterocycles. The molecule has 5 nitrogen and oxygen atoms in total. The zero-order chi connectivity index (χ0) is 16.1. The minimum atomic E-state index is 0.0151. The molecule has 1 N–H and O–H groups in total. The molecule has 1 aliphatic heterocycles. The maximum absolute atomic E-state index is 12.9. The van der Waals surface area contributed by atoms with Crippen molar-refractivity contribution >= 4 is 17.2 Å². The van der Waals surface area contributed by atoms with Gasteiger partial charge in [0.1, 0.15) is 0 Å². The number of aryl methyl sites for hydroxylation is 1. The van der Waals surface area contributed by atoms with Crippen molar-refractivity contribution in [2.45, 2.75) is 25.7 Å². The summed E-state index contributed by atoms with van der Waals surface area (Å²) >= 11 is 1.73. The molecule has 1 aromatic rings. The second-order valence-electron chi connectivity index (χ2n) is 6.23. The number of morpholine rings is 1. The zero-order valence-corrected chi connectivity index (χ0v) is 14.4. The summed E-state index contributed by atoms with van der Waals surface area (Å²) in [6, 6.07) is 0. The van der Waals surface area contributed by atoms with E-state index >= 15 is 0 Å². The fraction of sp³-hybridized carbons (Fsp3) is 0.706. The van der Waals surface area contributed by atoms with Gasteiger partial charge in [-0.2, -0.15) is 0 Å². The molecular formula is C17H26N2O3S. The van der Waals surface area contributed by atoms with E-state index in [0.717, 1.165) is 51.3 Å². The summed E-state index contributed by atoms with van der Waals surface area (Å²) in [5, 5.41) is 11.4. The Morgan fingerprint density at radius 3 is 2.83 bits per heavy atom. The van der Waals surface area contributed by atoms with Crippen LogP contribution in [0.5, 0.6) is 0 Å². The molecular weight excluding hydrogens is 312 g/mol. The number of carbonyl (C=O) groups is 1. The highest BCUT2D eigenvalue weighted by molar-refractivity contribution is 7.10. The van der Waals surface area contributed by atoms with Crippen molar-refractivity contribution in [2.24, 2.45) is 0 Å². The van der Waals surface area contributed by atoms with E-state index in [4.69, 9.17) is 4.74 Å². The molecule has 128 valence electrons. The quantitative estimate of drug-likeness (QED) is 0.852. The number of nitrogens with zero attached hydrogens (tertiary/aromatic N) is 2. The molecule has 0 radical (unpaired) electrons. The SMILES string of the molecule is O=C(c1csc2c1CCCC2)N(CCO)CCN1CCOCC1. The van der Waals surface area contributed by atoms with Gasteiger partial charge in [0.15, 0.2) is 0 Å². The predicted octanol–water partition coefficient (Wildman–Crippen LogP) is 1.39. The van der Waals surface area contributed by atoms with Gasteiger partial charge < -0.3 is 14.7 Å². The molecule has 0 saturated carbocycles. The molecule has 2 aliphatic rings. The van der Waals surface area contributed by atoms with Gasteiger partial charge in [-0.15, -0.1) is 11.3 Å². The van der Waals surface area contributed by atoms with Gasteiger partial charge in [0.2, 0.25) is 0 Å². The zero-order valence-electron chi connectivity index (χ0n) is 13.6. The molecule has 1 aromatic heterocycles. The van der Waals surface area contributed by atoms with Crippen molar-refractivity contribution in [3.63, 3.8) is 0 Å². The third kappa shape index (κ3) is 4.12. The van der Waals surface area contributed by atoms with Gasteiger partial charge in [-0.3, -0.25) is 9.69 Å². The number of fused-ring (bicyclic) bond motifs is 1. The van der Waals surface area contributed by atoms with E-state index < -0.39 is 0 Å². The summed E-state index contributed by atoms with van der Waals surface area (Å²) in [5.74, 6) is 0.0895. The monoisotopic (exact) mass is 338 g/mol. The maximum atomic E-state index is 12.9. The third-order valence-electron chi connectivity index (χ3n) is 4.74. The van der Waals surface area contributed by atoms with Crippen LogP contribution in [0.1, 0.15) is 33.6 Å². The maximum Gasteiger partial charge on any atom is 0.255 e. The summed E-state index contributed by atoms with van der Waals surface area (Å²) in [4.78, 5) is 18.4. The third-order valence-corrected chi connectivity index (χ3v) is 5.83. The number of thiophene rings is 1. The van der Waals surface area contributed by atoms with E-state index in [1.54, 1.807) is 11.3 Å². The lowest BCUT2D eigenvalue weighted by Gasteiger charge is -2.30. The Hall–Kier alpha value is -0.950. The molecule has 0 spiro atoms. The minimum absolute atomic E-state index is 0.0151. The van der Waals surface area contributed by atoms with Crippen molar-refractivity contribution in [3.05, 3.63) is 21.4 Å². The fourth-order valence-corrected chi connectivity index (χ4v) is 4.49. The molecule has 1 aliphatic carbocycles. The number of aliphatic hydroxyl groups excluding tert-OH is 1. The molecule has 0 aromatic carbocycles. The van der Waals surface area contributed by atoms with Crippen LogP contribution in [0.4, 0.5) is 0 Å².